The number of aromatic nitrogens is 5. The topological polar surface area (TPSA) is 80.9 Å². The van der Waals surface area contributed by atoms with Crippen molar-refractivity contribution in [2.24, 2.45) is 7.05 Å². The van der Waals surface area contributed by atoms with Gasteiger partial charge in [0.05, 0.1) is 18.3 Å². The number of nitrogens with zero attached hydrogens (tertiary/aromatic N) is 6. The first kappa shape index (κ1) is 22.3. The summed E-state index contributed by atoms with van der Waals surface area (Å²) in [5.41, 5.74) is 1.92. The summed E-state index contributed by atoms with van der Waals surface area (Å²) in [6.45, 7) is 2.59. The van der Waals surface area contributed by atoms with Gasteiger partial charge in [-0.05, 0) is 38.7 Å². The van der Waals surface area contributed by atoms with E-state index in [-0.39, 0.29) is 11.0 Å². The van der Waals surface area contributed by atoms with Crippen molar-refractivity contribution in [1.29, 1.82) is 0 Å². The summed E-state index contributed by atoms with van der Waals surface area (Å²) in [4.78, 5) is 28.2. The third kappa shape index (κ3) is 3.93. The van der Waals surface area contributed by atoms with Crippen molar-refractivity contribution in [1.82, 2.24) is 29.0 Å². The maximum atomic E-state index is 13.3. The van der Waals surface area contributed by atoms with E-state index in [9.17, 15) is 18.0 Å². The Labute approximate surface area is 202 Å². The molecule has 184 valence electrons. The molecular weight excluding hydrogens is 479 g/mol. The molecule has 35 heavy (non-hydrogen) atoms. The van der Waals surface area contributed by atoms with E-state index in [1.54, 1.807) is 6.33 Å². The fourth-order valence-corrected chi connectivity index (χ4v) is 5.49. The lowest BCUT2D eigenvalue weighted by Gasteiger charge is -2.22. The van der Waals surface area contributed by atoms with E-state index < -0.39 is 11.9 Å². The number of rotatable bonds is 7. The van der Waals surface area contributed by atoms with Crippen molar-refractivity contribution in [2.45, 2.75) is 63.8 Å². The summed E-state index contributed by atoms with van der Waals surface area (Å²) in [5.74, 6) is 0.481. The van der Waals surface area contributed by atoms with Gasteiger partial charge < -0.3 is 19.4 Å². The van der Waals surface area contributed by atoms with Crippen LogP contribution in [0, 0.1) is 0 Å². The van der Waals surface area contributed by atoms with Crippen molar-refractivity contribution >= 4 is 50.3 Å². The number of halogens is 3. The molecule has 12 heteroatoms. The maximum Gasteiger partial charge on any atom is 0.434 e. The average molecular weight is 504 g/mol. The first-order chi connectivity index (χ1) is 16.7. The highest BCUT2D eigenvalue weighted by atomic mass is 32.1. The second kappa shape index (κ2) is 7.94. The Morgan fingerprint density at radius 2 is 1.94 bits per heavy atom. The van der Waals surface area contributed by atoms with Crippen molar-refractivity contribution in [2.75, 3.05) is 5.32 Å². The van der Waals surface area contributed by atoms with Gasteiger partial charge in [-0.15, -0.1) is 11.3 Å². The highest BCUT2D eigenvalue weighted by Crippen LogP contribution is 2.39. The van der Waals surface area contributed by atoms with E-state index in [1.165, 1.54) is 0 Å². The third-order valence-electron chi connectivity index (χ3n) is 6.63. The van der Waals surface area contributed by atoms with Crippen molar-refractivity contribution in [3.8, 4) is 0 Å². The molecule has 0 saturated heterocycles. The lowest BCUT2D eigenvalue weighted by atomic mass is 10.2. The molecule has 2 aliphatic rings. The molecule has 0 aromatic carbocycles. The molecular formula is C23H24F3N7OS. The molecule has 6 rings (SSSR count). The van der Waals surface area contributed by atoms with Crippen LogP contribution in [0.5, 0.6) is 0 Å². The number of carbonyl (C=O) groups excluding carboxylic acids is 1. The molecule has 4 heterocycles. The molecule has 0 aliphatic heterocycles. The number of nitrogens with one attached hydrogen (secondary N) is 1. The normalized spacial score (nSPS) is 16.4. The van der Waals surface area contributed by atoms with Crippen LogP contribution in [0.25, 0.3) is 22.1 Å². The molecule has 0 spiro atoms. The number of carbonyl (C=O) groups is 1. The highest BCUT2D eigenvalue weighted by molar-refractivity contribution is 7.13. The Bertz CT molecular complexity index is 1430. The molecule has 0 atom stereocenters. The molecule has 1 amide bonds. The molecule has 2 fully saturated rings. The number of hydrogen-bond acceptors (Lipinski definition) is 6. The van der Waals surface area contributed by atoms with Crippen LogP contribution < -0.4 is 5.32 Å². The van der Waals surface area contributed by atoms with E-state index in [0.717, 1.165) is 59.0 Å². The molecule has 0 bridgehead atoms. The van der Waals surface area contributed by atoms with Crippen molar-refractivity contribution in [3.63, 3.8) is 0 Å². The van der Waals surface area contributed by atoms with E-state index in [4.69, 9.17) is 4.98 Å². The minimum atomic E-state index is -4.51. The minimum Gasteiger partial charge on any atom is -0.336 e. The largest absolute Gasteiger partial charge is 0.434 e. The average Bonchev–Trinajstić information content (AvgIpc) is 3.69. The lowest BCUT2D eigenvalue weighted by molar-refractivity contribution is -0.140. The predicted octanol–water partition coefficient (Wildman–Crippen LogP) is 4.86. The number of fused-ring (bicyclic) bond motifs is 3. The third-order valence-corrected chi connectivity index (χ3v) is 7.38. The summed E-state index contributed by atoms with van der Waals surface area (Å²) < 4.78 is 42.9. The summed E-state index contributed by atoms with van der Waals surface area (Å²) >= 11 is 0.862. The Kier molecular flexibility index (Phi) is 5.06. The smallest absolute Gasteiger partial charge is 0.336 e. The molecule has 0 unspecified atom stereocenters. The van der Waals surface area contributed by atoms with Crippen LogP contribution >= 0.6 is 11.3 Å². The first-order valence-electron chi connectivity index (χ1n) is 11.7. The van der Waals surface area contributed by atoms with Crippen LogP contribution in [0.1, 0.15) is 44.0 Å². The second-order valence-corrected chi connectivity index (χ2v) is 10.1. The van der Waals surface area contributed by atoms with Crippen LogP contribution in [0.15, 0.2) is 17.8 Å². The van der Waals surface area contributed by atoms with Crippen LogP contribution in [0.4, 0.5) is 24.1 Å². The zero-order valence-electron chi connectivity index (χ0n) is 19.3. The summed E-state index contributed by atoms with van der Waals surface area (Å²) in [5, 5.41) is 4.86. The Balaban J connectivity index is 1.41. The summed E-state index contributed by atoms with van der Waals surface area (Å²) in [6.07, 6.45) is 1.75. The molecule has 1 N–H and O–H groups in total. The zero-order chi connectivity index (χ0) is 24.5. The number of imidazole rings is 1. The van der Waals surface area contributed by atoms with Crippen LogP contribution in [0.3, 0.4) is 0 Å². The molecule has 2 saturated carbocycles. The number of hydrogen-bond donors (Lipinski definition) is 1. The van der Waals surface area contributed by atoms with Gasteiger partial charge in [-0.2, -0.15) is 13.2 Å². The molecule has 0 radical (unpaired) electrons. The SMILES string of the molecule is CCn1c(CC(=O)N(C2CC2)C2CC2)cc2c3c(ncn3C)c(Nc3nc(C(F)(F)F)cs3)nc21. The number of aryl methyl sites for hydroxylation is 2. The summed E-state index contributed by atoms with van der Waals surface area (Å²) in [7, 11) is 1.86. The quantitative estimate of drug-likeness (QED) is 0.390. The van der Waals surface area contributed by atoms with Gasteiger partial charge >= 0.3 is 6.18 Å². The first-order valence-corrected chi connectivity index (χ1v) is 12.6. The van der Waals surface area contributed by atoms with Gasteiger partial charge in [-0.25, -0.2) is 15.0 Å². The number of anilines is 2. The summed E-state index contributed by atoms with van der Waals surface area (Å²) in [6, 6.07) is 2.76. The van der Waals surface area contributed by atoms with Crippen molar-refractivity contribution < 1.29 is 18.0 Å². The van der Waals surface area contributed by atoms with E-state index >= 15 is 0 Å². The highest BCUT2D eigenvalue weighted by Gasteiger charge is 2.42. The Morgan fingerprint density at radius 1 is 1.23 bits per heavy atom. The van der Waals surface area contributed by atoms with Gasteiger partial charge in [-0.3, -0.25) is 4.79 Å². The number of thiazole rings is 1. The maximum absolute atomic E-state index is 13.3. The predicted molar refractivity (Wildman–Crippen MR) is 127 cm³/mol. The Hall–Kier alpha value is -3.15. The van der Waals surface area contributed by atoms with Gasteiger partial charge in [0.1, 0.15) is 11.2 Å². The van der Waals surface area contributed by atoms with E-state index in [2.05, 4.69) is 20.2 Å². The van der Waals surface area contributed by atoms with E-state index in [0.29, 0.717) is 42.0 Å². The van der Waals surface area contributed by atoms with Crippen molar-refractivity contribution in [3.05, 3.63) is 29.2 Å². The van der Waals surface area contributed by atoms with E-state index in [1.807, 2.05) is 29.2 Å². The minimum absolute atomic E-state index is 0.0886. The fraction of sp³-hybridized carbons (Fsp3) is 0.478. The molecule has 4 aromatic rings. The monoisotopic (exact) mass is 503 g/mol. The number of pyridine rings is 1. The zero-order valence-corrected chi connectivity index (χ0v) is 20.1. The number of alkyl halides is 3. The van der Waals surface area contributed by atoms with Crippen LogP contribution in [-0.2, 0) is 31.0 Å². The fourth-order valence-electron chi connectivity index (χ4n) is 4.77. The number of amides is 1. The molecule has 2 aliphatic carbocycles. The van der Waals surface area contributed by atoms with Gasteiger partial charge in [0.2, 0.25) is 5.91 Å². The van der Waals surface area contributed by atoms with Crippen LogP contribution in [0.2, 0.25) is 0 Å². The van der Waals surface area contributed by atoms with Gasteiger partial charge in [0.15, 0.2) is 16.6 Å². The molecule has 4 aromatic heterocycles. The van der Waals surface area contributed by atoms with Gasteiger partial charge in [-0.1, -0.05) is 0 Å². The van der Waals surface area contributed by atoms with Crippen LogP contribution in [-0.4, -0.2) is 47.0 Å². The standard InChI is InChI=1S/C23H24F3N7OS/c1-3-32-14(9-17(34)33(12-4-5-12)13-6-7-13)8-15-19-18(27-11-31(19)2)20(29-21(15)32)30-22-28-16(10-35-22)23(24,25)26/h8,10-13H,3-7,9H2,1-2H3,(H,28,29,30). The lowest BCUT2D eigenvalue weighted by Crippen LogP contribution is -2.36. The van der Waals surface area contributed by atoms with Gasteiger partial charge in [0.25, 0.3) is 0 Å². The molecule has 8 nitrogen and oxygen atoms in total. The second-order valence-electron chi connectivity index (χ2n) is 9.23. The Morgan fingerprint density at radius 3 is 2.54 bits per heavy atom. The van der Waals surface area contributed by atoms with Gasteiger partial charge in [0, 0.05) is 42.1 Å².